The molecule has 2 aromatic carbocycles. The smallest absolute Gasteiger partial charge is 0.243 e. The first kappa shape index (κ1) is 23.6. The van der Waals surface area contributed by atoms with Crippen molar-refractivity contribution in [2.75, 3.05) is 11.4 Å². The lowest BCUT2D eigenvalue weighted by Gasteiger charge is -2.34. The molecule has 5 rings (SSSR count). The van der Waals surface area contributed by atoms with E-state index < -0.39 is 10.0 Å². The van der Waals surface area contributed by atoms with Crippen LogP contribution >= 0.6 is 0 Å². The quantitative estimate of drug-likeness (QED) is 0.513. The number of nitriles is 1. The lowest BCUT2D eigenvalue weighted by molar-refractivity contribution is 0.350. The van der Waals surface area contributed by atoms with Crippen LogP contribution in [0.15, 0.2) is 66.0 Å². The Morgan fingerprint density at radius 2 is 1.83 bits per heavy atom. The number of aromatic amines is 1. The Labute approximate surface area is 207 Å². The van der Waals surface area contributed by atoms with E-state index in [0.717, 1.165) is 35.7 Å². The Kier molecular flexibility index (Phi) is 6.89. The fourth-order valence-electron chi connectivity index (χ4n) is 5.49. The Morgan fingerprint density at radius 1 is 1.06 bits per heavy atom. The van der Waals surface area contributed by atoms with Gasteiger partial charge in [-0.2, -0.15) is 9.57 Å². The second-order valence-corrected chi connectivity index (χ2v) is 11.6. The summed E-state index contributed by atoms with van der Waals surface area (Å²) in [4.78, 5) is 10.0. The summed E-state index contributed by atoms with van der Waals surface area (Å²) < 4.78 is 29.2. The fourth-order valence-corrected chi connectivity index (χ4v) is 6.94. The predicted octanol–water partition coefficient (Wildman–Crippen LogP) is 4.83. The normalized spacial score (nSPS) is 19.3. The van der Waals surface area contributed by atoms with Gasteiger partial charge in [0.2, 0.25) is 10.0 Å². The molecule has 8 heteroatoms. The predicted molar refractivity (Wildman–Crippen MR) is 135 cm³/mol. The topological polar surface area (TPSA) is 93.1 Å². The number of hydrogen-bond acceptors (Lipinski definition) is 5. The zero-order valence-corrected chi connectivity index (χ0v) is 20.6. The average Bonchev–Trinajstić information content (AvgIpc) is 3.57. The summed E-state index contributed by atoms with van der Waals surface area (Å²) in [5.41, 5.74) is 3.53. The van der Waals surface area contributed by atoms with E-state index in [4.69, 9.17) is 5.26 Å². The molecule has 0 radical (unpaired) electrons. The third-order valence-electron chi connectivity index (χ3n) is 7.40. The zero-order valence-electron chi connectivity index (χ0n) is 19.8. The molecule has 1 aliphatic heterocycles. The van der Waals surface area contributed by atoms with Crippen molar-refractivity contribution < 1.29 is 8.42 Å². The molecule has 182 valence electrons. The van der Waals surface area contributed by atoms with E-state index in [1.54, 1.807) is 34.9 Å². The molecule has 3 aromatic rings. The van der Waals surface area contributed by atoms with Crippen LogP contribution in [-0.4, -0.2) is 35.3 Å². The molecular formula is C27H31N5O2S. The third kappa shape index (κ3) is 5.12. The van der Waals surface area contributed by atoms with Crippen molar-refractivity contribution >= 4 is 15.7 Å². The Hall–Kier alpha value is -3.15. The highest BCUT2D eigenvalue weighted by atomic mass is 32.2. The largest absolute Gasteiger partial charge is 0.361 e. The first-order valence-corrected chi connectivity index (χ1v) is 13.8. The van der Waals surface area contributed by atoms with E-state index in [0.29, 0.717) is 25.2 Å². The van der Waals surface area contributed by atoms with Crippen molar-refractivity contribution in [1.29, 1.82) is 5.26 Å². The van der Waals surface area contributed by atoms with Gasteiger partial charge in [0, 0.05) is 31.0 Å². The lowest BCUT2D eigenvalue weighted by atomic mass is 9.97. The summed E-state index contributed by atoms with van der Waals surface area (Å²) in [7, 11) is -3.73. The maximum atomic E-state index is 13.8. The van der Waals surface area contributed by atoms with Crippen molar-refractivity contribution in [3.63, 3.8) is 0 Å². The molecule has 2 aliphatic rings. The molecule has 0 saturated heterocycles. The molecule has 1 aromatic heterocycles. The van der Waals surface area contributed by atoms with E-state index in [2.05, 4.69) is 27.0 Å². The van der Waals surface area contributed by atoms with Gasteiger partial charge in [-0.25, -0.2) is 13.4 Å². The van der Waals surface area contributed by atoms with Crippen molar-refractivity contribution in [3.05, 3.63) is 77.9 Å². The minimum absolute atomic E-state index is 0.0377. The fraction of sp³-hybridized carbons (Fsp3) is 0.407. The highest BCUT2D eigenvalue weighted by molar-refractivity contribution is 7.89. The molecule has 0 unspecified atom stereocenters. The number of nitrogens with zero attached hydrogens (tertiary/aromatic N) is 4. The van der Waals surface area contributed by atoms with E-state index in [-0.39, 0.29) is 10.9 Å². The summed E-state index contributed by atoms with van der Waals surface area (Å²) in [6.45, 7) is 1.38. The Bertz CT molecular complexity index is 1280. The minimum Gasteiger partial charge on any atom is -0.361 e. The number of aromatic nitrogens is 2. The van der Waals surface area contributed by atoms with Crippen LogP contribution < -0.4 is 4.90 Å². The zero-order chi connectivity index (χ0) is 24.3. The molecule has 0 spiro atoms. The van der Waals surface area contributed by atoms with Gasteiger partial charge >= 0.3 is 0 Å². The highest BCUT2D eigenvalue weighted by Crippen LogP contribution is 2.35. The maximum Gasteiger partial charge on any atom is 0.243 e. The van der Waals surface area contributed by atoms with Gasteiger partial charge in [-0.05, 0) is 54.7 Å². The SMILES string of the molecule is N#Cc1ccc(S(=O)(=O)N2Cc3ccccc3N(Cc3cnc[nH]3)[C@@H](CCC3CCCC3)C2)cc1. The first-order valence-electron chi connectivity index (χ1n) is 12.4. The number of fused-ring (bicyclic) bond motifs is 1. The number of anilines is 1. The van der Waals surface area contributed by atoms with Gasteiger partial charge in [0.15, 0.2) is 0 Å². The van der Waals surface area contributed by atoms with Crippen LogP contribution in [0.3, 0.4) is 0 Å². The standard InChI is InChI=1S/C27H31N5O2S/c28-15-22-10-13-26(14-11-22)35(33,34)31-17-23-7-3-4-8-27(23)32(18-24-16-29-20-30-24)25(19-31)12-9-21-5-1-2-6-21/h3-4,7-8,10-11,13-14,16,20-21,25H,1-2,5-6,9,12,17-19H2,(H,29,30)/t25-/m0/s1. The van der Waals surface area contributed by atoms with Crippen LogP contribution in [0.2, 0.25) is 0 Å². The van der Waals surface area contributed by atoms with Gasteiger partial charge in [-0.1, -0.05) is 43.9 Å². The van der Waals surface area contributed by atoms with Gasteiger partial charge in [0.25, 0.3) is 0 Å². The van der Waals surface area contributed by atoms with Crippen LogP contribution in [0.1, 0.15) is 55.3 Å². The molecule has 35 heavy (non-hydrogen) atoms. The van der Waals surface area contributed by atoms with Gasteiger partial charge in [-0.15, -0.1) is 0 Å². The summed E-state index contributed by atoms with van der Waals surface area (Å²) in [6.07, 6.45) is 10.7. The van der Waals surface area contributed by atoms with Crippen LogP contribution in [0.4, 0.5) is 5.69 Å². The highest BCUT2D eigenvalue weighted by Gasteiger charge is 2.35. The maximum absolute atomic E-state index is 13.8. The number of para-hydroxylation sites is 1. The summed E-state index contributed by atoms with van der Waals surface area (Å²) in [6, 6.07) is 16.4. The lowest BCUT2D eigenvalue weighted by Crippen LogP contribution is -2.43. The molecule has 0 amide bonds. The van der Waals surface area contributed by atoms with Crippen molar-refractivity contribution in [1.82, 2.24) is 14.3 Å². The number of benzene rings is 2. The minimum atomic E-state index is -3.73. The number of imidazole rings is 1. The Balaban J connectivity index is 1.51. The Morgan fingerprint density at radius 3 is 2.54 bits per heavy atom. The van der Waals surface area contributed by atoms with Crippen molar-refractivity contribution in [2.45, 2.75) is 62.6 Å². The molecule has 1 aliphatic carbocycles. The van der Waals surface area contributed by atoms with E-state index in [1.165, 1.54) is 25.7 Å². The second kappa shape index (κ2) is 10.2. The molecule has 1 atom stereocenters. The van der Waals surface area contributed by atoms with Crippen LogP contribution in [-0.2, 0) is 23.1 Å². The van der Waals surface area contributed by atoms with Gasteiger partial charge in [0.05, 0.1) is 35.1 Å². The van der Waals surface area contributed by atoms with Crippen molar-refractivity contribution in [3.8, 4) is 6.07 Å². The van der Waals surface area contributed by atoms with Gasteiger partial charge in [-0.3, -0.25) is 0 Å². The molecule has 0 bridgehead atoms. The second-order valence-electron chi connectivity index (χ2n) is 9.65. The van der Waals surface area contributed by atoms with E-state index in [9.17, 15) is 8.42 Å². The van der Waals surface area contributed by atoms with Crippen LogP contribution in [0, 0.1) is 17.2 Å². The number of sulfonamides is 1. The van der Waals surface area contributed by atoms with E-state index >= 15 is 0 Å². The third-order valence-corrected chi connectivity index (χ3v) is 9.23. The summed E-state index contributed by atoms with van der Waals surface area (Å²) in [5, 5.41) is 9.12. The molecule has 1 fully saturated rings. The first-order chi connectivity index (χ1) is 17.0. The van der Waals surface area contributed by atoms with Gasteiger partial charge in [0.1, 0.15) is 0 Å². The summed E-state index contributed by atoms with van der Waals surface area (Å²) >= 11 is 0. The molecule has 2 heterocycles. The number of nitrogens with one attached hydrogen (secondary N) is 1. The molecule has 7 nitrogen and oxygen atoms in total. The number of H-pyrrole nitrogens is 1. The van der Waals surface area contributed by atoms with Gasteiger partial charge < -0.3 is 9.88 Å². The summed E-state index contributed by atoms with van der Waals surface area (Å²) in [5.74, 6) is 0.728. The van der Waals surface area contributed by atoms with Crippen LogP contribution in [0.5, 0.6) is 0 Å². The van der Waals surface area contributed by atoms with Crippen molar-refractivity contribution in [2.24, 2.45) is 5.92 Å². The molecular weight excluding hydrogens is 458 g/mol. The number of hydrogen-bond donors (Lipinski definition) is 1. The number of rotatable bonds is 7. The van der Waals surface area contributed by atoms with E-state index in [1.807, 2.05) is 24.4 Å². The average molecular weight is 490 g/mol. The monoisotopic (exact) mass is 489 g/mol. The molecule has 1 N–H and O–H groups in total. The van der Waals surface area contributed by atoms with Crippen LogP contribution in [0.25, 0.3) is 0 Å². The molecule has 1 saturated carbocycles.